The summed E-state index contributed by atoms with van der Waals surface area (Å²) < 4.78 is 7.13. The standard InChI is InChI=1S/C15H16N4O/c1-19-14-6-4-3-5-13(14)18-15(19)17-9-11-7-8-12(20-2)10-16-11/h3-8,10H,9H2,1-2H3,(H,17,18). The number of methoxy groups -OCH3 is 1. The van der Waals surface area contributed by atoms with Crippen LogP contribution in [-0.2, 0) is 13.6 Å². The Kier molecular flexibility index (Phi) is 3.25. The van der Waals surface area contributed by atoms with Gasteiger partial charge in [0.05, 0.1) is 36.6 Å². The predicted molar refractivity (Wildman–Crippen MR) is 78.8 cm³/mol. The first kappa shape index (κ1) is 12.5. The van der Waals surface area contributed by atoms with Crippen LogP contribution in [0.5, 0.6) is 5.75 Å². The third-order valence-corrected chi connectivity index (χ3v) is 3.25. The first-order chi connectivity index (χ1) is 9.78. The quantitative estimate of drug-likeness (QED) is 0.790. The summed E-state index contributed by atoms with van der Waals surface area (Å²) in [4.78, 5) is 8.88. The van der Waals surface area contributed by atoms with Gasteiger partial charge in [-0.3, -0.25) is 4.98 Å². The number of aromatic nitrogens is 3. The largest absolute Gasteiger partial charge is 0.495 e. The lowest BCUT2D eigenvalue weighted by Crippen LogP contribution is -2.06. The van der Waals surface area contributed by atoms with Gasteiger partial charge in [0.25, 0.3) is 0 Å². The second-order valence-electron chi connectivity index (χ2n) is 4.53. The van der Waals surface area contributed by atoms with Crippen LogP contribution in [0.25, 0.3) is 11.0 Å². The van der Waals surface area contributed by atoms with E-state index in [1.165, 1.54) is 0 Å². The summed E-state index contributed by atoms with van der Waals surface area (Å²) in [5, 5.41) is 3.30. The molecule has 102 valence electrons. The fourth-order valence-electron chi connectivity index (χ4n) is 2.11. The van der Waals surface area contributed by atoms with Crippen molar-refractivity contribution in [3.05, 3.63) is 48.3 Å². The number of rotatable bonds is 4. The van der Waals surface area contributed by atoms with E-state index in [2.05, 4.69) is 21.4 Å². The molecule has 0 radical (unpaired) electrons. The predicted octanol–water partition coefficient (Wildman–Crippen LogP) is 2.59. The zero-order valence-electron chi connectivity index (χ0n) is 11.5. The van der Waals surface area contributed by atoms with E-state index in [9.17, 15) is 0 Å². The Bertz CT molecular complexity index is 718. The third-order valence-electron chi connectivity index (χ3n) is 3.25. The van der Waals surface area contributed by atoms with Gasteiger partial charge in [0.15, 0.2) is 0 Å². The molecule has 3 aromatic rings. The second kappa shape index (κ2) is 5.21. The fraction of sp³-hybridized carbons (Fsp3) is 0.200. The van der Waals surface area contributed by atoms with Crippen molar-refractivity contribution >= 4 is 17.0 Å². The second-order valence-corrected chi connectivity index (χ2v) is 4.53. The van der Waals surface area contributed by atoms with Gasteiger partial charge in [-0.1, -0.05) is 12.1 Å². The number of para-hydroxylation sites is 2. The van der Waals surface area contributed by atoms with Gasteiger partial charge >= 0.3 is 0 Å². The average Bonchev–Trinajstić information content (AvgIpc) is 2.83. The molecule has 0 atom stereocenters. The molecule has 2 heterocycles. The van der Waals surface area contributed by atoms with Gasteiger partial charge in [-0.15, -0.1) is 0 Å². The highest BCUT2D eigenvalue weighted by atomic mass is 16.5. The van der Waals surface area contributed by atoms with Crippen molar-refractivity contribution in [3.63, 3.8) is 0 Å². The van der Waals surface area contributed by atoms with Crippen molar-refractivity contribution < 1.29 is 4.74 Å². The van der Waals surface area contributed by atoms with Crippen LogP contribution in [0.4, 0.5) is 5.95 Å². The number of nitrogens with zero attached hydrogens (tertiary/aromatic N) is 3. The molecule has 5 heteroatoms. The first-order valence-electron chi connectivity index (χ1n) is 6.42. The smallest absolute Gasteiger partial charge is 0.203 e. The molecule has 20 heavy (non-hydrogen) atoms. The number of hydrogen-bond donors (Lipinski definition) is 1. The number of aryl methyl sites for hydroxylation is 1. The van der Waals surface area contributed by atoms with Crippen molar-refractivity contribution in [1.29, 1.82) is 0 Å². The van der Waals surface area contributed by atoms with Crippen molar-refractivity contribution in [2.24, 2.45) is 7.05 Å². The molecule has 0 aliphatic rings. The van der Waals surface area contributed by atoms with Crippen LogP contribution in [-0.4, -0.2) is 21.6 Å². The van der Waals surface area contributed by atoms with Gasteiger partial charge in [0, 0.05) is 7.05 Å². The number of anilines is 1. The number of pyridine rings is 1. The van der Waals surface area contributed by atoms with E-state index in [-0.39, 0.29) is 0 Å². The Hall–Kier alpha value is -2.56. The minimum absolute atomic E-state index is 0.626. The summed E-state index contributed by atoms with van der Waals surface area (Å²) in [7, 11) is 3.63. The summed E-state index contributed by atoms with van der Waals surface area (Å²) in [6, 6.07) is 11.9. The number of nitrogens with one attached hydrogen (secondary N) is 1. The molecule has 0 amide bonds. The molecule has 0 saturated carbocycles. The number of imidazole rings is 1. The van der Waals surface area contributed by atoms with Crippen molar-refractivity contribution in [1.82, 2.24) is 14.5 Å². The van der Waals surface area contributed by atoms with Crippen LogP contribution in [0.2, 0.25) is 0 Å². The van der Waals surface area contributed by atoms with Crippen LogP contribution in [0.1, 0.15) is 5.69 Å². The lowest BCUT2D eigenvalue weighted by Gasteiger charge is -2.06. The van der Waals surface area contributed by atoms with Gasteiger partial charge < -0.3 is 14.6 Å². The van der Waals surface area contributed by atoms with Crippen LogP contribution >= 0.6 is 0 Å². The molecule has 0 saturated heterocycles. The molecule has 1 N–H and O–H groups in total. The number of benzene rings is 1. The van der Waals surface area contributed by atoms with Gasteiger partial charge in [-0.05, 0) is 24.3 Å². The minimum Gasteiger partial charge on any atom is -0.495 e. The molecule has 0 bridgehead atoms. The monoisotopic (exact) mass is 268 g/mol. The molecule has 1 aromatic carbocycles. The molecule has 3 rings (SSSR count). The molecule has 0 unspecified atom stereocenters. The zero-order valence-corrected chi connectivity index (χ0v) is 11.5. The van der Waals surface area contributed by atoms with E-state index >= 15 is 0 Å². The van der Waals surface area contributed by atoms with E-state index in [0.717, 1.165) is 28.4 Å². The Morgan fingerprint density at radius 1 is 1.20 bits per heavy atom. The van der Waals surface area contributed by atoms with E-state index in [4.69, 9.17) is 4.74 Å². The summed E-state index contributed by atoms with van der Waals surface area (Å²) in [5.74, 6) is 1.60. The topological polar surface area (TPSA) is 52.0 Å². The average molecular weight is 268 g/mol. The molecule has 0 aliphatic heterocycles. The van der Waals surface area contributed by atoms with Crippen LogP contribution in [0, 0.1) is 0 Å². The van der Waals surface area contributed by atoms with Gasteiger partial charge in [-0.2, -0.15) is 0 Å². The Morgan fingerprint density at radius 2 is 2.05 bits per heavy atom. The lowest BCUT2D eigenvalue weighted by atomic mass is 10.3. The molecule has 0 spiro atoms. The van der Waals surface area contributed by atoms with E-state index in [1.54, 1.807) is 13.3 Å². The summed E-state index contributed by atoms with van der Waals surface area (Å²) >= 11 is 0. The highest BCUT2D eigenvalue weighted by molar-refractivity contribution is 5.78. The Balaban J connectivity index is 1.77. The highest BCUT2D eigenvalue weighted by Gasteiger charge is 2.06. The van der Waals surface area contributed by atoms with E-state index in [0.29, 0.717) is 6.54 Å². The Labute approximate surface area is 117 Å². The maximum absolute atomic E-state index is 5.09. The maximum atomic E-state index is 5.09. The third kappa shape index (κ3) is 2.30. The summed E-state index contributed by atoms with van der Waals surface area (Å²) in [5.41, 5.74) is 3.04. The number of fused-ring (bicyclic) bond motifs is 1. The minimum atomic E-state index is 0.626. The van der Waals surface area contributed by atoms with Crippen molar-refractivity contribution in [2.75, 3.05) is 12.4 Å². The molecule has 0 fully saturated rings. The van der Waals surface area contributed by atoms with Crippen LogP contribution < -0.4 is 10.1 Å². The highest BCUT2D eigenvalue weighted by Crippen LogP contribution is 2.18. The maximum Gasteiger partial charge on any atom is 0.203 e. The van der Waals surface area contributed by atoms with Gasteiger partial charge in [0.2, 0.25) is 5.95 Å². The molecule has 0 aliphatic carbocycles. The van der Waals surface area contributed by atoms with Crippen molar-refractivity contribution in [2.45, 2.75) is 6.54 Å². The Morgan fingerprint density at radius 3 is 2.75 bits per heavy atom. The SMILES string of the molecule is COc1ccc(CNc2nc3ccccc3n2C)nc1. The summed E-state index contributed by atoms with van der Waals surface area (Å²) in [6.45, 7) is 0.626. The van der Waals surface area contributed by atoms with Gasteiger partial charge in [0.1, 0.15) is 5.75 Å². The fourth-order valence-corrected chi connectivity index (χ4v) is 2.11. The first-order valence-corrected chi connectivity index (χ1v) is 6.42. The molecule has 5 nitrogen and oxygen atoms in total. The lowest BCUT2D eigenvalue weighted by molar-refractivity contribution is 0.412. The molecule has 2 aromatic heterocycles. The zero-order chi connectivity index (χ0) is 13.9. The molecular weight excluding hydrogens is 252 g/mol. The van der Waals surface area contributed by atoms with Crippen LogP contribution in [0.15, 0.2) is 42.6 Å². The molecular formula is C15H16N4O. The van der Waals surface area contributed by atoms with Crippen LogP contribution in [0.3, 0.4) is 0 Å². The number of ether oxygens (including phenoxy) is 1. The van der Waals surface area contributed by atoms with Gasteiger partial charge in [-0.25, -0.2) is 4.98 Å². The normalized spacial score (nSPS) is 10.7. The summed E-state index contributed by atoms with van der Waals surface area (Å²) in [6.07, 6.45) is 1.71. The van der Waals surface area contributed by atoms with Crippen molar-refractivity contribution in [3.8, 4) is 5.75 Å². The number of hydrogen-bond acceptors (Lipinski definition) is 4. The van der Waals surface area contributed by atoms with E-state index in [1.807, 2.05) is 41.9 Å². The van der Waals surface area contributed by atoms with E-state index < -0.39 is 0 Å².